The topological polar surface area (TPSA) is 67.8 Å². The van der Waals surface area contributed by atoms with Crippen LogP contribution in [0.2, 0.25) is 0 Å². The van der Waals surface area contributed by atoms with Crippen LogP contribution < -0.4 is 4.89 Å². The molecule has 1 atom stereocenters. The maximum absolute atomic E-state index is 11.2. The second kappa shape index (κ2) is 20.8. The summed E-state index contributed by atoms with van der Waals surface area (Å²) in [5, 5.41) is 0. The van der Waals surface area contributed by atoms with Gasteiger partial charge in [0.25, 0.3) is 7.82 Å². The van der Waals surface area contributed by atoms with Crippen LogP contribution in [0.15, 0.2) is 0 Å². The molecular weight excluding hydrogens is 363 g/mol. The van der Waals surface area contributed by atoms with Gasteiger partial charge in [-0.05, 0) is 19.8 Å². The van der Waals surface area contributed by atoms with Gasteiger partial charge in [-0.2, -0.15) is 0 Å². The molecule has 5 nitrogen and oxygen atoms in total. The predicted molar refractivity (Wildman–Crippen MR) is 111 cm³/mol. The molecular formula is C21H44O5P-. The van der Waals surface area contributed by atoms with E-state index in [1.807, 2.05) is 0 Å². The zero-order valence-electron chi connectivity index (χ0n) is 17.9. The van der Waals surface area contributed by atoms with Crippen LogP contribution in [-0.4, -0.2) is 26.4 Å². The Morgan fingerprint density at radius 1 is 0.593 bits per heavy atom. The van der Waals surface area contributed by atoms with Gasteiger partial charge in [-0.3, -0.25) is 4.57 Å². The van der Waals surface area contributed by atoms with Crippen LogP contribution >= 0.6 is 7.82 Å². The molecule has 27 heavy (non-hydrogen) atoms. The molecule has 0 aromatic rings. The van der Waals surface area contributed by atoms with E-state index in [1.54, 1.807) is 6.92 Å². The van der Waals surface area contributed by atoms with Crippen molar-refractivity contribution in [2.75, 3.05) is 26.4 Å². The molecule has 0 rings (SSSR count). The van der Waals surface area contributed by atoms with E-state index in [2.05, 4.69) is 11.4 Å². The predicted octanol–water partition coefficient (Wildman–Crippen LogP) is 6.40. The van der Waals surface area contributed by atoms with Crippen LogP contribution in [0.25, 0.3) is 0 Å². The van der Waals surface area contributed by atoms with E-state index < -0.39 is 7.82 Å². The van der Waals surface area contributed by atoms with Gasteiger partial charge in [-0.15, -0.1) is 0 Å². The van der Waals surface area contributed by atoms with Gasteiger partial charge in [0.2, 0.25) is 0 Å². The normalized spacial score (nSPS) is 13.7. The number of phosphoric ester groups is 1. The summed E-state index contributed by atoms with van der Waals surface area (Å²) < 4.78 is 25.9. The Bertz CT molecular complexity index is 339. The van der Waals surface area contributed by atoms with Crippen LogP contribution in [0, 0.1) is 0 Å². The fraction of sp³-hybridized carbons (Fsp3) is 1.00. The molecule has 0 fully saturated rings. The zero-order chi connectivity index (χ0) is 20.1. The van der Waals surface area contributed by atoms with Crippen molar-refractivity contribution in [2.45, 2.75) is 110 Å². The molecule has 0 aromatic carbocycles. The van der Waals surface area contributed by atoms with Crippen molar-refractivity contribution >= 4 is 7.82 Å². The highest BCUT2D eigenvalue weighted by molar-refractivity contribution is 7.45. The standard InChI is InChI=1S/C21H45O5P/c1-3-5-6-7-8-9-10-11-12-13-14-15-16-17-19-24-20-18-21-26-27(22,23)25-4-2/h3-21H2,1-2H3,(H,22,23)/p-1. The van der Waals surface area contributed by atoms with Crippen molar-refractivity contribution < 1.29 is 23.2 Å². The van der Waals surface area contributed by atoms with Crippen LogP contribution in [0.5, 0.6) is 0 Å². The van der Waals surface area contributed by atoms with Crippen molar-refractivity contribution in [3.8, 4) is 0 Å². The van der Waals surface area contributed by atoms with Gasteiger partial charge in [0, 0.05) is 13.2 Å². The lowest BCUT2D eigenvalue weighted by atomic mass is 10.0. The minimum absolute atomic E-state index is 0.108. The summed E-state index contributed by atoms with van der Waals surface area (Å²) in [6, 6.07) is 0. The van der Waals surface area contributed by atoms with E-state index in [4.69, 9.17) is 9.26 Å². The molecule has 0 saturated heterocycles. The van der Waals surface area contributed by atoms with Gasteiger partial charge in [0.15, 0.2) is 0 Å². The number of hydrogen-bond donors (Lipinski definition) is 0. The van der Waals surface area contributed by atoms with Crippen LogP contribution in [0.1, 0.15) is 110 Å². The second-order valence-electron chi connectivity index (χ2n) is 7.26. The van der Waals surface area contributed by atoms with Crippen molar-refractivity contribution in [1.82, 2.24) is 0 Å². The van der Waals surface area contributed by atoms with Crippen LogP contribution in [0.4, 0.5) is 0 Å². The first-order valence-electron chi connectivity index (χ1n) is 11.3. The van der Waals surface area contributed by atoms with Gasteiger partial charge in [-0.1, -0.05) is 90.4 Å². The Morgan fingerprint density at radius 3 is 1.52 bits per heavy atom. The number of hydrogen-bond acceptors (Lipinski definition) is 5. The highest BCUT2D eigenvalue weighted by atomic mass is 31.2. The zero-order valence-corrected chi connectivity index (χ0v) is 18.8. The molecule has 6 heteroatoms. The summed E-state index contributed by atoms with van der Waals surface area (Å²) >= 11 is 0. The molecule has 0 aliphatic rings. The number of phosphoric acid groups is 1. The van der Waals surface area contributed by atoms with Gasteiger partial charge in [0.1, 0.15) is 0 Å². The van der Waals surface area contributed by atoms with E-state index in [9.17, 15) is 9.46 Å². The molecule has 164 valence electrons. The molecule has 0 saturated carbocycles. The maximum atomic E-state index is 11.2. The van der Waals surface area contributed by atoms with E-state index >= 15 is 0 Å². The summed E-state index contributed by atoms with van der Waals surface area (Å²) in [5.74, 6) is 0. The Hall–Kier alpha value is 0.0700. The smallest absolute Gasteiger partial charge is 0.267 e. The fourth-order valence-corrected chi connectivity index (χ4v) is 3.78. The molecule has 0 bridgehead atoms. The summed E-state index contributed by atoms with van der Waals surface area (Å²) in [7, 11) is -4.09. The lowest BCUT2D eigenvalue weighted by Crippen LogP contribution is -2.10. The SMILES string of the molecule is CCCCCCCCCCCCCCCCOCCCOP(=O)([O-])OCC. The van der Waals surface area contributed by atoms with E-state index in [1.165, 1.54) is 83.5 Å². The largest absolute Gasteiger partial charge is 0.756 e. The van der Waals surface area contributed by atoms with E-state index in [0.29, 0.717) is 13.0 Å². The van der Waals surface area contributed by atoms with Crippen molar-refractivity contribution in [3.05, 3.63) is 0 Å². The molecule has 1 unspecified atom stereocenters. The fourth-order valence-electron chi connectivity index (χ4n) is 3.03. The van der Waals surface area contributed by atoms with Gasteiger partial charge in [-0.25, -0.2) is 0 Å². The maximum Gasteiger partial charge on any atom is 0.267 e. The first-order valence-corrected chi connectivity index (χ1v) is 12.8. The summed E-state index contributed by atoms with van der Waals surface area (Å²) in [5.41, 5.74) is 0. The molecule has 0 aromatic heterocycles. The minimum atomic E-state index is -4.09. The number of ether oxygens (including phenoxy) is 1. The molecule has 0 N–H and O–H groups in total. The lowest BCUT2D eigenvalue weighted by Gasteiger charge is -2.21. The third kappa shape index (κ3) is 22.2. The first-order chi connectivity index (χ1) is 13.1. The average Bonchev–Trinajstić information content (AvgIpc) is 2.63. The van der Waals surface area contributed by atoms with Crippen LogP contribution in [-0.2, 0) is 18.3 Å². The number of unbranched alkanes of at least 4 members (excludes halogenated alkanes) is 13. The third-order valence-electron chi connectivity index (χ3n) is 4.61. The lowest BCUT2D eigenvalue weighted by molar-refractivity contribution is -0.225. The first kappa shape index (κ1) is 27.1. The number of rotatable bonds is 22. The molecule has 0 radical (unpaired) electrons. The minimum Gasteiger partial charge on any atom is -0.756 e. The molecule has 0 heterocycles. The van der Waals surface area contributed by atoms with Gasteiger partial charge in [0.05, 0.1) is 13.2 Å². The van der Waals surface area contributed by atoms with E-state index in [-0.39, 0.29) is 13.2 Å². The quantitative estimate of drug-likeness (QED) is 0.153. The highest BCUT2D eigenvalue weighted by Gasteiger charge is 2.06. The van der Waals surface area contributed by atoms with Gasteiger partial charge < -0.3 is 18.7 Å². The second-order valence-corrected chi connectivity index (χ2v) is 8.67. The Kier molecular flexibility index (Phi) is 20.8. The summed E-state index contributed by atoms with van der Waals surface area (Å²) in [6.07, 6.45) is 19.5. The monoisotopic (exact) mass is 407 g/mol. The molecule has 0 spiro atoms. The van der Waals surface area contributed by atoms with E-state index in [0.717, 1.165) is 13.0 Å². The summed E-state index contributed by atoms with van der Waals surface area (Å²) in [4.78, 5) is 11.2. The Labute approximate surface area is 168 Å². The third-order valence-corrected chi connectivity index (χ3v) is 5.69. The van der Waals surface area contributed by atoms with Crippen LogP contribution in [0.3, 0.4) is 0 Å². The Morgan fingerprint density at radius 2 is 1.04 bits per heavy atom. The average molecular weight is 408 g/mol. The van der Waals surface area contributed by atoms with Crippen molar-refractivity contribution in [1.29, 1.82) is 0 Å². The molecule has 0 amide bonds. The highest BCUT2D eigenvalue weighted by Crippen LogP contribution is 2.37. The summed E-state index contributed by atoms with van der Waals surface area (Å²) in [6.45, 7) is 5.40. The van der Waals surface area contributed by atoms with Crippen molar-refractivity contribution in [2.24, 2.45) is 0 Å². The Balaban J connectivity index is 3.10. The molecule has 0 aliphatic heterocycles. The molecule has 0 aliphatic carbocycles. The van der Waals surface area contributed by atoms with Gasteiger partial charge >= 0.3 is 0 Å². The van der Waals surface area contributed by atoms with Crippen molar-refractivity contribution in [3.63, 3.8) is 0 Å².